The fourth-order valence-electron chi connectivity index (χ4n) is 3.20. The van der Waals surface area contributed by atoms with Crippen molar-refractivity contribution in [3.8, 4) is 0 Å². The first-order valence-electron chi connectivity index (χ1n) is 8.45. The van der Waals surface area contributed by atoms with Gasteiger partial charge in [-0.25, -0.2) is 0 Å². The van der Waals surface area contributed by atoms with Crippen LogP contribution in [0.15, 0.2) is 42.5 Å². The van der Waals surface area contributed by atoms with Gasteiger partial charge in [-0.15, -0.1) is 0 Å². The lowest BCUT2D eigenvalue weighted by atomic mass is 10.1. The third-order valence-electron chi connectivity index (χ3n) is 4.48. The number of aryl methyl sites for hydroxylation is 2. The number of rotatable bonds is 3. The predicted molar refractivity (Wildman–Crippen MR) is 100 cm³/mol. The molecule has 2 aromatic carbocycles. The lowest BCUT2D eigenvalue weighted by Gasteiger charge is -2.35. The second kappa shape index (κ2) is 7.05. The van der Waals surface area contributed by atoms with Crippen molar-refractivity contribution in [2.75, 3.05) is 43.4 Å². The molecule has 3 rings (SSSR count). The Morgan fingerprint density at radius 2 is 1.58 bits per heavy atom. The maximum Gasteiger partial charge on any atom is 0.255 e. The Morgan fingerprint density at radius 1 is 0.958 bits per heavy atom. The number of nitrogens with zero attached hydrogens (tertiary/aromatic N) is 2. The molecular weight excluding hydrogens is 298 g/mol. The first-order valence-corrected chi connectivity index (χ1v) is 8.45. The van der Waals surface area contributed by atoms with E-state index in [1.807, 2.05) is 44.2 Å². The fourth-order valence-corrected chi connectivity index (χ4v) is 3.20. The molecule has 1 aliphatic rings. The predicted octanol–water partition coefficient (Wildman–Crippen LogP) is 3.31. The van der Waals surface area contributed by atoms with Crippen LogP contribution in [0.4, 0.5) is 11.4 Å². The highest BCUT2D eigenvalue weighted by Gasteiger charge is 2.18. The number of benzene rings is 2. The largest absolute Gasteiger partial charge is 0.367 e. The average Bonchev–Trinajstić information content (AvgIpc) is 2.55. The summed E-state index contributed by atoms with van der Waals surface area (Å²) in [5.41, 5.74) is 4.90. The molecule has 1 saturated heterocycles. The number of piperazine rings is 1. The molecule has 1 heterocycles. The molecule has 4 nitrogen and oxygen atoms in total. The van der Waals surface area contributed by atoms with E-state index < -0.39 is 0 Å². The van der Waals surface area contributed by atoms with Gasteiger partial charge in [0.05, 0.1) is 11.4 Å². The molecule has 24 heavy (non-hydrogen) atoms. The summed E-state index contributed by atoms with van der Waals surface area (Å²) in [5, 5.41) is 3.10. The quantitative estimate of drug-likeness (QED) is 0.941. The molecule has 0 unspecified atom stereocenters. The SMILES string of the molecule is Cc1cc(C)cc(C(=O)Nc2ccccc2N2CCN(C)CC2)c1. The molecule has 1 N–H and O–H groups in total. The highest BCUT2D eigenvalue weighted by molar-refractivity contribution is 6.06. The zero-order chi connectivity index (χ0) is 17.1. The van der Waals surface area contributed by atoms with Crippen LogP contribution in [-0.4, -0.2) is 44.0 Å². The van der Waals surface area contributed by atoms with Crippen LogP contribution in [0.2, 0.25) is 0 Å². The van der Waals surface area contributed by atoms with Crippen LogP contribution in [0.1, 0.15) is 21.5 Å². The van der Waals surface area contributed by atoms with Crippen molar-refractivity contribution in [1.29, 1.82) is 0 Å². The summed E-state index contributed by atoms with van der Waals surface area (Å²) >= 11 is 0. The summed E-state index contributed by atoms with van der Waals surface area (Å²) in [6.07, 6.45) is 0. The van der Waals surface area contributed by atoms with E-state index in [0.29, 0.717) is 5.56 Å². The minimum Gasteiger partial charge on any atom is -0.367 e. The lowest BCUT2D eigenvalue weighted by molar-refractivity contribution is 0.102. The average molecular weight is 323 g/mol. The van der Waals surface area contributed by atoms with Crippen LogP contribution in [0.5, 0.6) is 0 Å². The number of carbonyl (C=O) groups is 1. The standard InChI is InChI=1S/C20H25N3O/c1-15-12-16(2)14-17(13-15)20(24)21-18-6-4-5-7-19(18)23-10-8-22(3)9-11-23/h4-7,12-14H,8-11H2,1-3H3,(H,21,24). The zero-order valence-corrected chi connectivity index (χ0v) is 14.7. The number of nitrogens with one attached hydrogen (secondary N) is 1. The molecule has 0 spiro atoms. The number of para-hydroxylation sites is 2. The molecule has 0 bridgehead atoms. The van der Waals surface area contributed by atoms with Crippen LogP contribution in [0.3, 0.4) is 0 Å². The zero-order valence-electron chi connectivity index (χ0n) is 14.7. The molecular formula is C20H25N3O. The lowest BCUT2D eigenvalue weighted by Crippen LogP contribution is -2.44. The van der Waals surface area contributed by atoms with E-state index in [9.17, 15) is 4.79 Å². The van der Waals surface area contributed by atoms with Gasteiger partial charge >= 0.3 is 0 Å². The van der Waals surface area contributed by atoms with Gasteiger partial charge in [-0.05, 0) is 45.2 Å². The first-order chi connectivity index (χ1) is 11.5. The van der Waals surface area contributed by atoms with Gasteiger partial charge in [-0.3, -0.25) is 4.79 Å². The number of amides is 1. The van der Waals surface area contributed by atoms with Gasteiger partial charge in [0.25, 0.3) is 5.91 Å². The Labute approximate surface area is 144 Å². The topological polar surface area (TPSA) is 35.6 Å². The maximum atomic E-state index is 12.7. The fraction of sp³-hybridized carbons (Fsp3) is 0.350. The number of hydrogen-bond donors (Lipinski definition) is 1. The molecule has 2 aromatic rings. The normalized spacial score (nSPS) is 15.4. The molecule has 4 heteroatoms. The first kappa shape index (κ1) is 16.5. The summed E-state index contributed by atoms with van der Waals surface area (Å²) in [5.74, 6) is -0.0524. The van der Waals surface area contributed by atoms with Gasteiger partial charge in [0, 0.05) is 31.7 Å². The van der Waals surface area contributed by atoms with Gasteiger partial charge in [-0.1, -0.05) is 29.3 Å². The molecule has 0 aliphatic carbocycles. The van der Waals surface area contributed by atoms with Crippen molar-refractivity contribution in [2.24, 2.45) is 0 Å². The summed E-state index contributed by atoms with van der Waals surface area (Å²) in [4.78, 5) is 17.3. The third-order valence-corrected chi connectivity index (χ3v) is 4.48. The molecule has 0 aromatic heterocycles. The Hall–Kier alpha value is -2.33. The third kappa shape index (κ3) is 3.77. The highest BCUT2D eigenvalue weighted by Crippen LogP contribution is 2.27. The Morgan fingerprint density at radius 3 is 2.25 bits per heavy atom. The van der Waals surface area contributed by atoms with Crippen molar-refractivity contribution in [1.82, 2.24) is 4.90 Å². The summed E-state index contributed by atoms with van der Waals surface area (Å²) < 4.78 is 0. The van der Waals surface area contributed by atoms with Crippen molar-refractivity contribution in [2.45, 2.75) is 13.8 Å². The van der Waals surface area contributed by atoms with Crippen LogP contribution in [0.25, 0.3) is 0 Å². The molecule has 126 valence electrons. The minimum absolute atomic E-state index is 0.0524. The van der Waals surface area contributed by atoms with E-state index >= 15 is 0 Å². The van der Waals surface area contributed by atoms with Gasteiger partial charge in [-0.2, -0.15) is 0 Å². The van der Waals surface area contributed by atoms with Crippen LogP contribution < -0.4 is 10.2 Å². The number of anilines is 2. The van der Waals surface area contributed by atoms with E-state index in [-0.39, 0.29) is 5.91 Å². The van der Waals surface area contributed by atoms with E-state index in [0.717, 1.165) is 48.7 Å². The van der Waals surface area contributed by atoms with Crippen LogP contribution in [0, 0.1) is 13.8 Å². The van der Waals surface area contributed by atoms with Gasteiger partial charge in [0.1, 0.15) is 0 Å². The van der Waals surface area contributed by atoms with E-state index in [1.165, 1.54) is 0 Å². The minimum atomic E-state index is -0.0524. The molecule has 0 atom stereocenters. The van der Waals surface area contributed by atoms with Crippen molar-refractivity contribution in [3.63, 3.8) is 0 Å². The molecule has 0 radical (unpaired) electrons. The van der Waals surface area contributed by atoms with Gasteiger partial charge in [0.2, 0.25) is 0 Å². The van der Waals surface area contributed by atoms with E-state index in [4.69, 9.17) is 0 Å². The summed E-state index contributed by atoms with van der Waals surface area (Å²) in [6, 6.07) is 14.0. The smallest absolute Gasteiger partial charge is 0.255 e. The molecule has 1 fully saturated rings. The second-order valence-electron chi connectivity index (χ2n) is 6.64. The van der Waals surface area contributed by atoms with Crippen molar-refractivity contribution < 1.29 is 4.79 Å². The van der Waals surface area contributed by atoms with E-state index in [2.05, 4.69) is 34.3 Å². The van der Waals surface area contributed by atoms with Crippen LogP contribution in [-0.2, 0) is 0 Å². The summed E-state index contributed by atoms with van der Waals surface area (Å²) in [7, 11) is 2.14. The number of hydrogen-bond acceptors (Lipinski definition) is 3. The Kier molecular flexibility index (Phi) is 4.86. The van der Waals surface area contributed by atoms with Crippen molar-refractivity contribution >= 4 is 17.3 Å². The highest BCUT2D eigenvalue weighted by atomic mass is 16.1. The number of carbonyl (C=O) groups excluding carboxylic acids is 1. The summed E-state index contributed by atoms with van der Waals surface area (Å²) in [6.45, 7) is 8.07. The molecule has 1 aliphatic heterocycles. The number of likely N-dealkylation sites (N-methyl/N-ethyl adjacent to an activating group) is 1. The Balaban J connectivity index is 1.81. The van der Waals surface area contributed by atoms with E-state index in [1.54, 1.807) is 0 Å². The van der Waals surface area contributed by atoms with Crippen LogP contribution >= 0.6 is 0 Å². The molecule has 1 amide bonds. The van der Waals surface area contributed by atoms with Gasteiger partial charge in [0.15, 0.2) is 0 Å². The van der Waals surface area contributed by atoms with Gasteiger partial charge < -0.3 is 15.1 Å². The van der Waals surface area contributed by atoms with Crippen molar-refractivity contribution in [3.05, 3.63) is 59.2 Å². The second-order valence-corrected chi connectivity index (χ2v) is 6.64. The monoisotopic (exact) mass is 323 g/mol. The Bertz CT molecular complexity index is 713. The molecule has 0 saturated carbocycles. The maximum absolute atomic E-state index is 12.7.